The van der Waals surface area contributed by atoms with Gasteiger partial charge < -0.3 is 10.2 Å². The summed E-state index contributed by atoms with van der Waals surface area (Å²) < 4.78 is 0. The summed E-state index contributed by atoms with van der Waals surface area (Å²) in [4.78, 5) is 2.54. The summed E-state index contributed by atoms with van der Waals surface area (Å²) in [6.07, 6.45) is 22.5. The number of quaternary nitrogens is 1. The zero-order valence-electron chi connectivity index (χ0n) is 31.2. The van der Waals surface area contributed by atoms with Crippen LogP contribution in [0.25, 0.3) is 10.8 Å². The van der Waals surface area contributed by atoms with E-state index in [2.05, 4.69) is 158 Å². The third kappa shape index (κ3) is 8.40. The number of nitrogens with two attached hydrogens (primary N) is 1. The largest absolute Gasteiger partial charge is 0.348 e. The maximum absolute atomic E-state index is 10.3. The Bertz CT molecular complexity index is 1680. The minimum atomic E-state index is -0.109. The maximum atomic E-state index is 10.3. The first-order valence-electron chi connectivity index (χ1n) is 18.1. The Morgan fingerprint density at radius 2 is 1.79 bits per heavy atom. The topological polar surface area (TPSA) is 43.6 Å². The average molecular weight is 643 g/mol. The van der Waals surface area contributed by atoms with Crippen molar-refractivity contribution in [2.24, 2.45) is 29.1 Å². The monoisotopic (exact) mass is 642 g/mol. The molecule has 4 rings (SSSR count). The lowest BCUT2D eigenvalue weighted by atomic mass is 9.67. The van der Waals surface area contributed by atoms with Crippen LogP contribution in [0.1, 0.15) is 87.1 Å². The van der Waals surface area contributed by atoms with Crippen molar-refractivity contribution in [1.29, 1.82) is 5.26 Å². The van der Waals surface area contributed by atoms with Gasteiger partial charge in [-0.05, 0) is 90.6 Å². The van der Waals surface area contributed by atoms with Gasteiger partial charge in [-0.1, -0.05) is 122 Å². The number of benzene rings is 2. The zero-order valence-corrected chi connectivity index (χ0v) is 31.2. The molecule has 2 aliphatic rings. The minimum absolute atomic E-state index is 0.103. The molecule has 3 nitrogen and oxygen atoms in total. The second kappa shape index (κ2) is 16.0. The van der Waals surface area contributed by atoms with Gasteiger partial charge in [0.2, 0.25) is 0 Å². The highest BCUT2D eigenvalue weighted by Crippen LogP contribution is 2.56. The Hall–Kier alpha value is -3.87. The number of nitrogens with zero attached hydrogens (tertiary/aromatic N) is 2. The maximum Gasteiger partial charge on any atom is 0.133 e. The first-order valence-corrected chi connectivity index (χ1v) is 18.1. The van der Waals surface area contributed by atoms with Gasteiger partial charge in [-0.15, -0.1) is 0 Å². The lowest BCUT2D eigenvalue weighted by Crippen LogP contribution is -2.78. The molecule has 1 fully saturated rings. The van der Waals surface area contributed by atoms with Gasteiger partial charge in [0.05, 0.1) is 18.2 Å². The van der Waals surface area contributed by atoms with Crippen molar-refractivity contribution in [3.63, 3.8) is 0 Å². The van der Waals surface area contributed by atoms with Crippen LogP contribution < -0.4 is 5.32 Å². The van der Waals surface area contributed by atoms with E-state index in [1.807, 2.05) is 18.2 Å². The Morgan fingerprint density at radius 3 is 2.48 bits per heavy atom. The Kier molecular flexibility index (Phi) is 12.3. The van der Waals surface area contributed by atoms with Gasteiger partial charge in [-0.2, -0.15) is 5.26 Å². The van der Waals surface area contributed by atoms with E-state index >= 15 is 0 Å². The molecule has 2 atom stereocenters. The van der Waals surface area contributed by atoms with Crippen molar-refractivity contribution >= 4 is 16.5 Å². The van der Waals surface area contributed by atoms with E-state index in [-0.39, 0.29) is 10.8 Å². The number of allylic oxidation sites excluding steroid dienone is 13. The molecule has 2 unspecified atom stereocenters. The normalized spacial score (nSPS) is 20.7. The van der Waals surface area contributed by atoms with E-state index in [0.717, 1.165) is 25.9 Å². The summed E-state index contributed by atoms with van der Waals surface area (Å²) in [6, 6.07) is 15.8. The number of hydrogen-bond donors (Lipinski definition) is 1. The van der Waals surface area contributed by atoms with Crippen molar-refractivity contribution in [2.75, 3.05) is 13.1 Å². The standard InChI is InChI=1S/C45H59N3/c1-11-12-18-37-34(6)20-24-40-43(37)45(9,10)41(48(40)30-27-33(4)5)25-21-35(31-46)16-15-28-44(7,8)42-38-19-14-13-17-36(38)22-23-39(42)47-29-26-32(2)3/h11-25,32-33,37,43,47H,1,26-30H2,2-10H3/p+1/b16-15+,18-12-,35-21-,41-25+. The van der Waals surface area contributed by atoms with Gasteiger partial charge in [-0.3, -0.25) is 0 Å². The van der Waals surface area contributed by atoms with E-state index in [4.69, 9.17) is 0 Å². The summed E-state index contributed by atoms with van der Waals surface area (Å²) in [6.45, 7) is 26.8. The third-order valence-electron chi connectivity index (χ3n) is 10.4. The average Bonchev–Trinajstić information content (AvgIpc) is 3.25. The van der Waals surface area contributed by atoms with Gasteiger partial charge in [-0.25, -0.2) is 0 Å². The van der Waals surface area contributed by atoms with Gasteiger partial charge in [0.25, 0.3) is 0 Å². The predicted molar refractivity (Wildman–Crippen MR) is 207 cm³/mol. The first-order chi connectivity index (χ1) is 22.8. The number of fused-ring (bicyclic) bond motifs is 2. The van der Waals surface area contributed by atoms with E-state index < -0.39 is 0 Å². The second-order valence-electron chi connectivity index (χ2n) is 15.9. The molecule has 3 heteroatoms. The number of likely N-dealkylation sites (tertiary alicyclic amines) is 1. The molecule has 2 aromatic rings. The fourth-order valence-electron chi connectivity index (χ4n) is 7.67. The lowest BCUT2D eigenvalue weighted by Gasteiger charge is -2.34. The van der Waals surface area contributed by atoms with Crippen LogP contribution in [0.5, 0.6) is 0 Å². The molecule has 0 radical (unpaired) electrons. The Balaban J connectivity index is 1.65. The van der Waals surface area contributed by atoms with Crippen LogP contribution in [0.3, 0.4) is 0 Å². The van der Waals surface area contributed by atoms with Crippen LogP contribution >= 0.6 is 0 Å². The van der Waals surface area contributed by atoms with E-state index in [0.29, 0.717) is 29.2 Å². The Labute approximate surface area is 292 Å². The molecule has 0 bridgehead atoms. The summed E-state index contributed by atoms with van der Waals surface area (Å²) in [5.41, 5.74) is 7.25. The SMILES string of the molecule is C=C/C=C\C1C(C)=CC=C2C1C(C)(C)\C(=C/C=C(C#N)/C=C/CC(C)(C)c1c([NH2+]CCC(C)C)ccc3ccccc13)N2CCC(C)C. The van der Waals surface area contributed by atoms with E-state index in [9.17, 15) is 5.26 Å². The molecule has 1 aliphatic heterocycles. The van der Waals surface area contributed by atoms with Crippen LogP contribution in [0.15, 0.2) is 120 Å². The highest BCUT2D eigenvalue weighted by Gasteiger charge is 2.50. The number of nitriles is 1. The molecule has 48 heavy (non-hydrogen) atoms. The van der Waals surface area contributed by atoms with Crippen LogP contribution in [-0.4, -0.2) is 18.0 Å². The quantitative estimate of drug-likeness (QED) is 0.127. The first kappa shape index (κ1) is 37.0. The van der Waals surface area contributed by atoms with Crippen LogP contribution in [0.4, 0.5) is 5.69 Å². The summed E-state index contributed by atoms with van der Waals surface area (Å²) in [7, 11) is 0. The predicted octanol–water partition coefficient (Wildman–Crippen LogP) is 10.8. The molecule has 0 saturated carbocycles. The van der Waals surface area contributed by atoms with Gasteiger partial charge in [0, 0.05) is 40.8 Å². The molecule has 1 heterocycles. The molecular weight excluding hydrogens is 583 g/mol. The summed E-state index contributed by atoms with van der Waals surface area (Å²) in [5.74, 6) is 1.94. The van der Waals surface area contributed by atoms with Gasteiger partial charge >= 0.3 is 0 Å². The van der Waals surface area contributed by atoms with Crippen LogP contribution in [0.2, 0.25) is 0 Å². The van der Waals surface area contributed by atoms with Crippen molar-refractivity contribution in [2.45, 2.75) is 87.0 Å². The lowest BCUT2D eigenvalue weighted by molar-refractivity contribution is -0.573. The minimum Gasteiger partial charge on any atom is -0.348 e. The smallest absolute Gasteiger partial charge is 0.133 e. The van der Waals surface area contributed by atoms with E-state index in [1.54, 1.807) is 0 Å². The summed E-state index contributed by atoms with van der Waals surface area (Å²) in [5, 5.41) is 15.3. The van der Waals surface area contributed by atoms with E-state index in [1.165, 1.54) is 45.4 Å². The molecule has 0 spiro atoms. The number of hydrogen-bond acceptors (Lipinski definition) is 2. The van der Waals surface area contributed by atoms with Crippen LogP contribution in [0, 0.1) is 40.4 Å². The van der Waals surface area contributed by atoms with Crippen LogP contribution in [-0.2, 0) is 5.41 Å². The van der Waals surface area contributed by atoms with Crippen molar-refractivity contribution in [1.82, 2.24) is 4.90 Å². The second-order valence-corrected chi connectivity index (χ2v) is 15.9. The molecule has 254 valence electrons. The Morgan fingerprint density at radius 1 is 1.06 bits per heavy atom. The fourth-order valence-corrected chi connectivity index (χ4v) is 7.67. The zero-order chi connectivity index (χ0) is 35.1. The fraction of sp³-hybridized carbons (Fsp3) is 0.444. The highest BCUT2D eigenvalue weighted by atomic mass is 15.2. The molecule has 1 aliphatic carbocycles. The third-order valence-corrected chi connectivity index (χ3v) is 10.4. The molecule has 2 aromatic carbocycles. The summed E-state index contributed by atoms with van der Waals surface area (Å²) >= 11 is 0. The van der Waals surface area contributed by atoms with Crippen molar-refractivity contribution < 1.29 is 5.32 Å². The highest BCUT2D eigenvalue weighted by molar-refractivity contribution is 5.89. The molecular formula is C45H60N3+. The molecule has 2 N–H and O–H groups in total. The van der Waals surface area contributed by atoms with Crippen molar-refractivity contribution in [3.8, 4) is 6.07 Å². The molecule has 1 saturated heterocycles. The molecule has 0 amide bonds. The molecule has 0 aromatic heterocycles. The van der Waals surface area contributed by atoms with Crippen molar-refractivity contribution in [3.05, 3.63) is 126 Å². The van der Waals surface area contributed by atoms with Gasteiger partial charge in [0.15, 0.2) is 0 Å². The number of rotatable bonds is 14. The van der Waals surface area contributed by atoms with Gasteiger partial charge in [0.1, 0.15) is 5.69 Å².